The fourth-order valence-electron chi connectivity index (χ4n) is 1.59. The maximum Gasteiger partial charge on any atom is 0.0454 e. The molecule has 1 heterocycles. The lowest BCUT2D eigenvalue weighted by Gasteiger charge is -2.05. The molecular weight excluding hydrogens is 172 g/mol. The number of aromatic amines is 1. The van der Waals surface area contributed by atoms with E-state index in [9.17, 15) is 0 Å². The van der Waals surface area contributed by atoms with Crippen LogP contribution in [0.15, 0.2) is 36.5 Å². The lowest BCUT2D eigenvalue weighted by atomic mass is 10.1. The van der Waals surface area contributed by atoms with Crippen molar-refractivity contribution in [2.45, 2.75) is 13.3 Å². The molecule has 0 fully saturated rings. The van der Waals surface area contributed by atoms with Crippen LogP contribution < -0.4 is 5.73 Å². The van der Waals surface area contributed by atoms with Gasteiger partial charge >= 0.3 is 0 Å². The van der Waals surface area contributed by atoms with Crippen LogP contribution in [-0.4, -0.2) is 4.98 Å². The van der Waals surface area contributed by atoms with Crippen molar-refractivity contribution in [2.75, 3.05) is 5.73 Å². The summed E-state index contributed by atoms with van der Waals surface area (Å²) in [6, 6.07) is 10.2. The molecule has 1 aromatic heterocycles. The molecule has 0 aliphatic carbocycles. The molecular formula is C12H14N2. The van der Waals surface area contributed by atoms with Crippen molar-refractivity contribution in [3.05, 3.63) is 42.1 Å². The highest BCUT2D eigenvalue weighted by Gasteiger charge is 2.01. The van der Waals surface area contributed by atoms with Gasteiger partial charge in [0.2, 0.25) is 0 Å². The number of H-pyrrole nitrogens is 1. The van der Waals surface area contributed by atoms with E-state index in [1.54, 1.807) is 0 Å². The fourth-order valence-corrected chi connectivity index (χ4v) is 1.59. The smallest absolute Gasteiger partial charge is 0.0454 e. The van der Waals surface area contributed by atoms with Crippen molar-refractivity contribution < 1.29 is 0 Å². The van der Waals surface area contributed by atoms with Crippen LogP contribution >= 0.6 is 0 Å². The summed E-state index contributed by atoms with van der Waals surface area (Å²) in [5.74, 6) is 0. The summed E-state index contributed by atoms with van der Waals surface area (Å²) in [4.78, 5) is 3.16. The average Bonchev–Trinajstić information content (AvgIpc) is 2.70. The Bertz CT molecular complexity index is 416. The Kier molecular flexibility index (Phi) is 2.27. The maximum absolute atomic E-state index is 5.92. The van der Waals surface area contributed by atoms with Crippen molar-refractivity contribution in [3.63, 3.8) is 0 Å². The van der Waals surface area contributed by atoms with Gasteiger partial charge in [0.1, 0.15) is 0 Å². The zero-order chi connectivity index (χ0) is 9.97. The van der Waals surface area contributed by atoms with Gasteiger partial charge in [0, 0.05) is 17.6 Å². The van der Waals surface area contributed by atoms with Crippen LogP contribution in [-0.2, 0) is 6.42 Å². The van der Waals surface area contributed by atoms with Gasteiger partial charge in [-0.25, -0.2) is 0 Å². The molecule has 0 aliphatic rings. The van der Waals surface area contributed by atoms with Gasteiger partial charge in [0.15, 0.2) is 0 Å². The Morgan fingerprint density at radius 2 is 2.14 bits per heavy atom. The Labute approximate surface area is 83.8 Å². The first-order chi connectivity index (χ1) is 6.81. The molecule has 0 amide bonds. The first kappa shape index (κ1) is 8.88. The molecule has 0 saturated heterocycles. The lowest BCUT2D eigenvalue weighted by molar-refractivity contribution is 1.14. The fraction of sp³-hybridized carbons (Fsp3) is 0.167. The van der Waals surface area contributed by atoms with E-state index in [-0.39, 0.29) is 0 Å². The highest BCUT2D eigenvalue weighted by Crippen LogP contribution is 2.22. The van der Waals surface area contributed by atoms with Crippen LogP contribution in [0.5, 0.6) is 0 Å². The number of nitrogen functional groups attached to an aromatic ring is 1. The van der Waals surface area contributed by atoms with Crippen molar-refractivity contribution in [1.29, 1.82) is 0 Å². The van der Waals surface area contributed by atoms with E-state index in [1.807, 2.05) is 24.4 Å². The molecule has 0 unspecified atom stereocenters. The minimum Gasteiger partial charge on any atom is -0.398 e. The van der Waals surface area contributed by atoms with E-state index in [0.29, 0.717) is 0 Å². The molecule has 0 radical (unpaired) electrons. The second-order valence-electron chi connectivity index (χ2n) is 3.35. The number of hydrogen-bond donors (Lipinski definition) is 2. The molecule has 0 spiro atoms. The highest BCUT2D eigenvalue weighted by molar-refractivity contribution is 5.66. The van der Waals surface area contributed by atoms with E-state index in [4.69, 9.17) is 5.73 Å². The molecule has 2 nitrogen and oxygen atoms in total. The second kappa shape index (κ2) is 3.58. The summed E-state index contributed by atoms with van der Waals surface area (Å²) in [6.07, 6.45) is 2.90. The molecule has 0 bridgehead atoms. The number of aromatic nitrogens is 1. The standard InChI is InChI=1S/C12H14N2/c1-2-9-5-6-10(8-11(9)13)12-4-3-7-14-12/h3-8,14H,2,13H2,1H3. The molecule has 72 valence electrons. The number of benzene rings is 1. The van der Waals surface area contributed by atoms with Gasteiger partial charge in [0.05, 0.1) is 0 Å². The number of nitrogens with one attached hydrogen (secondary N) is 1. The minimum atomic E-state index is 0.875. The Morgan fingerprint density at radius 3 is 2.71 bits per heavy atom. The van der Waals surface area contributed by atoms with Crippen LogP contribution in [0.4, 0.5) is 5.69 Å². The third-order valence-electron chi connectivity index (χ3n) is 2.44. The van der Waals surface area contributed by atoms with Crippen molar-refractivity contribution in [2.24, 2.45) is 0 Å². The van der Waals surface area contributed by atoms with E-state index in [0.717, 1.165) is 23.4 Å². The van der Waals surface area contributed by atoms with Gasteiger partial charge in [-0.1, -0.05) is 19.1 Å². The van der Waals surface area contributed by atoms with Gasteiger partial charge in [-0.2, -0.15) is 0 Å². The van der Waals surface area contributed by atoms with Crippen LogP contribution in [0.25, 0.3) is 11.3 Å². The van der Waals surface area contributed by atoms with Crippen molar-refractivity contribution in [3.8, 4) is 11.3 Å². The second-order valence-corrected chi connectivity index (χ2v) is 3.35. The highest BCUT2D eigenvalue weighted by atomic mass is 14.7. The molecule has 14 heavy (non-hydrogen) atoms. The van der Waals surface area contributed by atoms with Crippen LogP contribution in [0, 0.1) is 0 Å². The molecule has 1 aromatic carbocycles. The van der Waals surface area contributed by atoms with Gasteiger partial charge in [-0.05, 0) is 35.7 Å². The quantitative estimate of drug-likeness (QED) is 0.696. The topological polar surface area (TPSA) is 41.8 Å². The zero-order valence-electron chi connectivity index (χ0n) is 8.25. The third-order valence-corrected chi connectivity index (χ3v) is 2.44. The summed E-state index contributed by atoms with van der Waals surface area (Å²) in [5.41, 5.74) is 10.3. The van der Waals surface area contributed by atoms with Crippen LogP contribution in [0.1, 0.15) is 12.5 Å². The third kappa shape index (κ3) is 1.51. The summed E-state index contributed by atoms with van der Waals surface area (Å²) in [6.45, 7) is 2.11. The SMILES string of the molecule is CCc1ccc(-c2ccc[nH]2)cc1N. The normalized spacial score (nSPS) is 10.4. The number of hydrogen-bond acceptors (Lipinski definition) is 1. The van der Waals surface area contributed by atoms with Gasteiger partial charge < -0.3 is 10.7 Å². The summed E-state index contributed by atoms with van der Waals surface area (Å²) < 4.78 is 0. The Hall–Kier alpha value is -1.70. The number of nitrogens with two attached hydrogens (primary N) is 1. The molecule has 3 N–H and O–H groups in total. The van der Waals surface area contributed by atoms with Crippen LogP contribution in [0.2, 0.25) is 0 Å². The number of anilines is 1. The first-order valence-electron chi connectivity index (χ1n) is 4.83. The first-order valence-corrected chi connectivity index (χ1v) is 4.83. The zero-order valence-corrected chi connectivity index (χ0v) is 8.25. The summed E-state index contributed by atoms with van der Waals surface area (Å²) in [7, 11) is 0. The predicted molar refractivity (Wildman–Crippen MR) is 60.0 cm³/mol. The van der Waals surface area contributed by atoms with Crippen molar-refractivity contribution in [1.82, 2.24) is 4.98 Å². The van der Waals surface area contributed by atoms with Gasteiger partial charge in [-0.3, -0.25) is 0 Å². The monoisotopic (exact) mass is 186 g/mol. The molecule has 2 aromatic rings. The number of rotatable bonds is 2. The van der Waals surface area contributed by atoms with Gasteiger partial charge in [0.25, 0.3) is 0 Å². The summed E-state index contributed by atoms with van der Waals surface area (Å²) in [5, 5.41) is 0. The molecule has 2 heteroatoms. The van der Waals surface area contributed by atoms with E-state index >= 15 is 0 Å². The predicted octanol–water partition coefficient (Wildman–Crippen LogP) is 2.83. The van der Waals surface area contributed by atoms with E-state index in [2.05, 4.69) is 24.0 Å². The lowest BCUT2D eigenvalue weighted by Crippen LogP contribution is -1.93. The summed E-state index contributed by atoms with van der Waals surface area (Å²) >= 11 is 0. The molecule has 2 rings (SSSR count). The largest absolute Gasteiger partial charge is 0.398 e. The number of aryl methyl sites for hydroxylation is 1. The molecule has 0 saturated carbocycles. The van der Waals surface area contributed by atoms with E-state index in [1.165, 1.54) is 5.56 Å². The minimum absolute atomic E-state index is 0.875. The molecule has 0 aliphatic heterocycles. The van der Waals surface area contributed by atoms with E-state index < -0.39 is 0 Å². The van der Waals surface area contributed by atoms with Gasteiger partial charge in [-0.15, -0.1) is 0 Å². The Balaban J connectivity index is 2.43. The molecule has 0 atom stereocenters. The average molecular weight is 186 g/mol. The Morgan fingerprint density at radius 1 is 1.29 bits per heavy atom. The van der Waals surface area contributed by atoms with Crippen molar-refractivity contribution >= 4 is 5.69 Å². The van der Waals surface area contributed by atoms with Crippen LogP contribution in [0.3, 0.4) is 0 Å². The maximum atomic E-state index is 5.92.